The Kier molecular flexibility index (Phi) is 17.7. The van der Waals surface area contributed by atoms with Crippen molar-refractivity contribution in [3.63, 3.8) is 0 Å². The normalized spacial score (nSPS) is 11.4. The Labute approximate surface area is 128 Å². The molecule has 0 amide bonds. The summed E-state index contributed by atoms with van der Waals surface area (Å²) in [6.45, 7) is 0.701. The van der Waals surface area contributed by atoms with E-state index in [9.17, 15) is 0 Å². The highest BCUT2D eigenvalue weighted by Gasteiger charge is 2.02. The molecule has 0 bridgehead atoms. The Balaban J connectivity index is 3.11. The van der Waals surface area contributed by atoms with E-state index in [2.05, 4.69) is 9.24 Å². The quantitative estimate of drug-likeness (QED) is 0.316. The zero-order chi connectivity index (χ0) is 14.9. The fourth-order valence-corrected chi connectivity index (χ4v) is 2.88. The second kappa shape index (κ2) is 17.4. The molecule has 0 saturated heterocycles. The predicted octanol–water partition coefficient (Wildman–Crippen LogP) is 4.84. The van der Waals surface area contributed by atoms with E-state index in [1.165, 1.54) is 77.0 Å². The minimum Gasteiger partial charge on any atom is -0.396 e. The molecule has 0 aromatic carbocycles. The van der Waals surface area contributed by atoms with Gasteiger partial charge in [0, 0.05) is 13.2 Å². The van der Waals surface area contributed by atoms with Gasteiger partial charge in [-0.15, -0.1) is 9.24 Å². The molecular formula is C17H36O2P. The predicted molar refractivity (Wildman–Crippen MR) is 91.8 cm³/mol. The fourth-order valence-electron chi connectivity index (χ4n) is 2.47. The average molecular weight is 303 g/mol. The molecule has 20 heavy (non-hydrogen) atoms. The van der Waals surface area contributed by atoms with Crippen molar-refractivity contribution >= 4 is 9.24 Å². The van der Waals surface area contributed by atoms with Crippen molar-refractivity contribution in [3.05, 3.63) is 5.66 Å². The topological polar surface area (TPSA) is 40.5 Å². The lowest BCUT2D eigenvalue weighted by Gasteiger charge is -2.10. The summed E-state index contributed by atoms with van der Waals surface area (Å²) in [6, 6.07) is 0. The highest BCUT2D eigenvalue weighted by Crippen LogP contribution is 2.26. The summed E-state index contributed by atoms with van der Waals surface area (Å²) in [5, 5.41) is 17.4. The third kappa shape index (κ3) is 16.4. The molecule has 0 fully saturated rings. The van der Waals surface area contributed by atoms with Crippen LogP contribution in [0.2, 0.25) is 0 Å². The van der Waals surface area contributed by atoms with Gasteiger partial charge in [0.25, 0.3) is 0 Å². The summed E-state index contributed by atoms with van der Waals surface area (Å²) in [7, 11) is 2.94. The molecule has 0 aliphatic carbocycles. The highest BCUT2D eigenvalue weighted by atomic mass is 31.0. The molecule has 3 heteroatoms. The molecule has 1 unspecified atom stereocenters. The zero-order valence-corrected chi connectivity index (χ0v) is 14.4. The minimum absolute atomic E-state index is 0.351. The Morgan fingerprint density at radius 2 is 0.800 bits per heavy atom. The average Bonchev–Trinajstić information content (AvgIpc) is 2.45. The first-order valence-electron chi connectivity index (χ1n) is 8.63. The maximum Gasteiger partial charge on any atom is 0.0431 e. The van der Waals surface area contributed by atoms with Crippen molar-refractivity contribution in [1.29, 1.82) is 0 Å². The van der Waals surface area contributed by atoms with Crippen LogP contribution >= 0.6 is 9.24 Å². The van der Waals surface area contributed by atoms with Crippen molar-refractivity contribution in [2.24, 2.45) is 0 Å². The van der Waals surface area contributed by atoms with E-state index in [-0.39, 0.29) is 0 Å². The van der Waals surface area contributed by atoms with E-state index in [0.29, 0.717) is 13.2 Å². The van der Waals surface area contributed by atoms with Crippen LogP contribution in [-0.4, -0.2) is 23.4 Å². The number of hydrogen-bond donors (Lipinski definition) is 2. The summed E-state index contributed by atoms with van der Waals surface area (Å²) in [6.07, 6.45) is 17.4. The van der Waals surface area contributed by atoms with Crippen LogP contribution in [0.1, 0.15) is 89.9 Å². The molecule has 0 aliphatic heterocycles. The summed E-state index contributed by atoms with van der Waals surface area (Å²) in [5.41, 5.74) is 1.59. The molecule has 0 aromatic rings. The lowest BCUT2D eigenvalue weighted by atomic mass is 10.0. The summed E-state index contributed by atoms with van der Waals surface area (Å²) < 4.78 is 0. The van der Waals surface area contributed by atoms with Crippen molar-refractivity contribution in [3.8, 4) is 0 Å². The van der Waals surface area contributed by atoms with Gasteiger partial charge in [0.2, 0.25) is 0 Å². The van der Waals surface area contributed by atoms with Gasteiger partial charge in [-0.25, -0.2) is 0 Å². The van der Waals surface area contributed by atoms with E-state index < -0.39 is 0 Å². The third-order valence-electron chi connectivity index (χ3n) is 3.81. The molecule has 0 aliphatic rings. The minimum atomic E-state index is 0.351. The Morgan fingerprint density at radius 1 is 0.500 bits per heavy atom. The monoisotopic (exact) mass is 303 g/mol. The lowest BCUT2D eigenvalue weighted by molar-refractivity contribution is 0.282. The molecule has 0 saturated carbocycles. The Hall–Kier alpha value is 0.350. The first-order valence-corrected chi connectivity index (χ1v) is 9.21. The van der Waals surface area contributed by atoms with Crippen LogP contribution in [0.3, 0.4) is 0 Å². The van der Waals surface area contributed by atoms with Gasteiger partial charge in [0.1, 0.15) is 0 Å². The van der Waals surface area contributed by atoms with Crippen molar-refractivity contribution in [2.45, 2.75) is 89.9 Å². The van der Waals surface area contributed by atoms with E-state index in [0.717, 1.165) is 12.8 Å². The molecule has 2 N–H and O–H groups in total. The Bertz CT molecular complexity index is 158. The molecule has 0 spiro atoms. The van der Waals surface area contributed by atoms with Gasteiger partial charge in [0.15, 0.2) is 0 Å². The van der Waals surface area contributed by atoms with Gasteiger partial charge >= 0.3 is 0 Å². The molecule has 0 rings (SSSR count). The van der Waals surface area contributed by atoms with Crippen LogP contribution in [0.15, 0.2) is 0 Å². The van der Waals surface area contributed by atoms with Crippen LogP contribution in [0, 0.1) is 5.66 Å². The highest BCUT2D eigenvalue weighted by molar-refractivity contribution is 7.20. The van der Waals surface area contributed by atoms with E-state index in [1.807, 2.05) is 0 Å². The standard InChI is InChI=1S/C17H36O2P/c18-15-11-7-3-1-5-9-13-17(20)14-10-6-2-4-8-12-16-19/h18-19H,1-16,20H2. The number of unbranched alkanes of at least 4 members (excludes halogenated alkanes) is 10. The van der Waals surface area contributed by atoms with Gasteiger partial charge in [-0.05, 0) is 31.3 Å². The molecular weight excluding hydrogens is 267 g/mol. The number of aliphatic hydroxyl groups is 2. The van der Waals surface area contributed by atoms with Crippen LogP contribution in [0.25, 0.3) is 0 Å². The number of hydrogen-bond acceptors (Lipinski definition) is 2. The maximum atomic E-state index is 8.69. The van der Waals surface area contributed by atoms with Crippen molar-refractivity contribution in [1.82, 2.24) is 0 Å². The zero-order valence-electron chi connectivity index (χ0n) is 13.3. The van der Waals surface area contributed by atoms with E-state index >= 15 is 0 Å². The number of rotatable bonds is 16. The summed E-state index contributed by atoms with van der Waals surface area (Å²) >= 11 is 0. The van der Waals surface area contributed by atoms with Crippen molar-refractivity contribution in [2.75, 3.05) is 13.2 Å². The third-order valence-corrected chi connectivity index (χ3v) is 4.39. The first-order chi connectivity index (χ1) is 9.81. The second-order valence-corrected chi connectivity index (χ2v) is 6.66. The van der Waals surface area contributed by atoms with Gasteiger partial charge in [-0.2, -0.15) is 0 Å². The van der Waals surface area contributed by atoms with Gasteiger partial charge in [0.05, 0.1) is 0 Å². The van der Waals surface area contributed by atoms with Crippen LogP contribution in [0.4, 0.5) is 0 Å². The molecule has 0 aromatic heterocycles. The van der Waals surface area contributed by atoms with E-state index in [4.69, 9.17) is 10.2 Å². The van der Waals surface area contributed by atoms with Crippen LogP contribution in [-0.2, 0) is 0 Å². The molecule has 1 radical (unpaired) electrons. The summed E-state index contributed by atoms with van der Waals surface area (Å²) in [5.74, 6) is 0. The van der Waals surface area contributed by atoms with E-state index in [1.54, 1.807) is 5.66 Å². The van der Waals surface area contributed by atoms with Crippen molar-refractivity contribution < 1.29 is 10.2 Å². The van der Waals surface area contributed by atoms with Gasteiger partial charge < -0.3 is 10.2 Å². The largest absolute Gasteiger partial charge is 0.396 e. The number of aliphatic hydroxyl groups excluding tert-OH is 2. The Morgan fingerprint density at radius 3 is 1.15 bits per heavy atom. The fraction of sp³-hybridized carbons (Fsp3) is 0.941. The lowest BCUT2D eigenvalue weighted by Crippen LogP contribution is -1.90. The van der Waals surface area contributed by atoms with Gasteiger partial charge in [-0.1, -0.05) is 64.2 Å². The smallest absolute Gasteiger partial charge is 0.0431 e. The molecule has 0 heterocycles. The summed E-state index contributed by atoms with van der Waals surface area (Å²) in [4.78, 5) is 0. The molecule has 1 atom stereocenters. The first kappa shape index (κ1) is 20.3. The van der Waals surface area contributed by atoms with Crippen LogP contribution < -0.4 is 0 Å². The molecule has 121 valence electrons. The SMILES string of the molecule is OCCCCCCCC[C](P)CCCCCCCCO. The van der Waals surface area contributed by atoms with Crippen LogP contribution in [0.5, 0.6) is 0 Å². The maximum absolute atomic E-state index is 8.69. The van der Waals surface area contributed by atoms with Gasteiger partial charge in [-0.3, -0.25) is 0 Å². The molecule has 2 nitrogen and oxygen atoms in total. The second-order valence-electron chi connectivity index (χ2n) is 5.85.